The van der Waals surface area contributed by atoms with Crippen LogP contribution in [0.15, 0.2) is 18.3 Å². The van der Waals surface area contributed by atoms with Crippen molar-refractivity contribution in [2.75, 3.05) is 0 Å². The van der Waals surface area contributed by atoms with Crippen molar-refractivity contribution < 1.29 is 36.6 Å². The van der Waals surface area contributed by atoms with Crippen molar-refractivity contribution in [1.82, 2.24) is 4.98 Å². The van der Waals surface area contributed by atoms with Crippen LogP contribution in [0.1, 0.15) is 10.4 Å². The predicted molar refractivity (Wildman–Crippen MR) is 57.1 cm³/mol. The molecule has 0 aliphatic heterocycles. The Hall–Kier alpha value is -2.71. The summed E-state index contributed by atoms with van der Waals surface area (Å²) >= 11 is 0. The van der Waals surface area contributed by atoms with E-state index < -0.39 is 52.2 Å². The van der Waals surface area contributed by atoms with E-state index in [1.54, 1.807) is 0 Å². The lowest BCUT2D eigenvalue weighted by molar-refractivity contribution is 0.0716. The van der Waals surface area contributed by atoms with Crippen LogP contribution in [0.5, 0.6) is 11.5 Å². The molecule has 0 unspecified atom stereocenters. The third kappa shape index (κ3) is 2.62. The number of esters is 1. The Kier molecular flexibility index (Phi) is 3.74. The summed E-state index contributed by atoms with van der Waals surface area (Å²) in [5.41, 5.74) is -0.481. The van der Waals surface area contributed by atoms with E-state index >= 15 is 0 Å². The maximum absolute atomic E-state index is 13.4. The number of pyridine rings is 1. The van der Waals surface area contributed by atoms with Crippen molar-refractivity contribution in [2.24, 2.45) is 0 Å². The summed E-state index contributed by atoms with van der Waals surface area (Å²) in [6.07, 6.45) is 0.876. The minimum Gasteiger partial charge on any atom is -0.503 e. The van der Waals surface area contributed by atoms with Gasteiger partial charge in [-0.05, 0) is 6.07 Å². The van der Waals surface area contributed by atoms with Crippen molar-refractivity contribution in [1.29, 1.82) is 0 Å². The molecule has 9 heteroatoms. The Balaban J connectivity index is 2.43. The summed E-state index contributed by atoms with van der Waals surface area (Å²) in [4.78, 5) is 14.7. The molecule has 0 saturated carbocycles. The minimum absolute atomic E-state index is 0.481. The highest BCUT2D eigenvalue weighted by Crippen LogP contribution is 2.34. The summed E-state index contributed by atoms with van der Waals surface area (Å²) in [5.74, 6) is -14.6. The van der Waals surface area contributed by atoms with Gasteiger partial charge in [0, 0.05) is 12.3 Å². The molecule has 2 rings (SSSR count). The SMILES string of the molecule is O=C(Oc1c(F)c(O)c(F)c(F)c1F)c1ccnc(F)c1. The van der Waals surface area contributed by atoms with E-state index in [1.807, 2.05) is 0 Å². The van der Waals surface area contributed by atoms with Crippen LogP contribution in [0.2, 0.25) is 0 Å². The summed E-state index contributed by atoms with van der Waals surface area (Å²) in [5, 5.41) is 8.90. The van der Waals surface area contributed by atoms with Gasteiger partial charge in [-0.2, -0.15) is 17.6 Å². The largest absolute Gasteiger partial charge is 0.503 e. The molecule has 0 spiro atoms. The Bertz CT molecular complexity index is 706. The number of carbonyl (C=O) groups excluding carboxylic acids is 1. The molecule has 0 aliphatic carbocycles. The first-order valence-electron chi connectivity index (χ1n) is 5.21. The number of nitrogens with zero attached hydrogens (tertiary/aromatic N) is 1. The molecule has 2 aromatic rings. The molecule has 0 atom stereocenters. The summed E-state index contributed by atoms with van der Waals surface area (Å²) in [6, 6.07) is 1.55. The van der Waals surface area contributed by atoms with Gasteiger partial charge in [-0.1, -0.05) is 0 Å². The van der Waals surface area contributed by atoms with Crippen LogP contribution >= 0.6 is 0 Å². The lowest BCUT2D eigenvalue weighted by Crippen LogP contribution is -2.13. The number of ether oxygens (including phenoxy) is 1. The van der Waals surface area contributed by atoms with E-state index in [0.717, 1.165) is 12.3 Å². The molecule has 110 valence electrons. The van der Waals surface area contributed by atoms with Crippen LogP contribution in [0.3, 0.4) is 0 Å². The second kappa shape index (κ2) is 5.35. The fourth-order valence-corrected chi connectivity index (χ4v) is 1.37. The zero-order chi connectivity index (χ0) is 15.7. The van der Waals surface area contributed by atoms with Gasteiger partial charge >= 0.3 is 5.97 Å². The van der Waals surface area contributed by atoms with Gasteiger partial charge in [0.05, 0.1) is 5.56 Å². The molecule has 1 heterocycles. The van der Waals surface area contributed by atoms with Gasteiger partial charge in [0.2, 0.25) is 35.0 Å². The average molecular weight is 305 g/mol. The quantitative estimate of drug-likeness (QED) is 0.231. The second-order valence-corrected chi connectivity index (χ2v) is 3.69. The topological polar surface area (TPSA) is 59.4 Å². The lowest BCUT2D eigenvalue weighted by atomic mass is 10.2. The van der Waals surface area contributed by atoms with Gasteiger partial charge in [-0.3, -0.25) is 0 Å². The molecule has 4 nitrogen and oxygen atoms in total. The number of aromatic nitrogens is 1. The lowest BCUT2D eigenvalue weighted by Gasteiger charge is -2.09. The maximum Gasteiger partial charge on any atom is 0.343 e. The van der Waals surface area contributed by atoms with Crippen molar-refractivity contribution in [3.8, 4) is 11.5 Å². The van der Waals surface area contributed by atoms with E-state index in [-0.39, 0.29) is 0 Å². The van der Waals surface area contributed by atoms with Crippen LogP contribution < -0.4 is 4.74 Å². The number of benzene rings is 1. The van der Waals surface area contributed by atoms with Crippen LogP contribution in [-0.2, 0) is 0 Å². The second-order valence-electron chi connectivity index (χ2n) is 3.69. The first-order valence-corrected chi connectivity index (χ1v) is 5.21. The monoisotopic (exact) mass is 305 g/mol. The predicted octanol–water partition coefficient (Wildman–Crippen LogP) is 2.70. The van der Waals surface area contributed by atoms with E-state index in [2.05, 4.69) is 9.72 Å². The number of phenolic OH excluding ortho intramolecular Hbond substituents is 1. The van der Waals surface area contributed by atoms with Crippen molar-refractivity contribution in [2.45, 2.75) is 0 Å². The molecular weight excluding hydrogens is 301 g/mol. The van der Waals surface area contributed by atoms with E-state index in [9.17, 15) is 26.7 Å². The number of hydrogen-bond acceptors (Lipinski definition) is 4. The molecule has 0 fully saturated rings. The van der Waals surface area contributed by atoms with Crippen molar-refractivity contribution in [3.63, 3.8) is 0 Å². The first-order chi connectivity index (χ1) is 9.82. The number of halogens is 5. The first kappa shape index (κ1) is 14.7. The third-order valence-corrected chi connectivity index (χ3v) is 2.36. The fourth-order valence-electron chi connectivity index (χ4n) is 1.37. The molecule has 0 saturated heterocycles. The Morgan fingerprint density at radius 3 is 2.33 bits per heavy atom. The van der Waals surface area contributed by atoms with Gasteiger partial charge in [0.15, 0.2) is 5.75 Å². The van der Waals surface area contributed by atoms with Crippen LogP contribution in [-0.4, -0.2) is 16.1 Å². The minimum atomic E-state index is -2.22. The van der Waals surface area contributed by atoms with Crippen molar-refractivity contribution >= 4 is 5.97 Å². The zero-order valence-electron chi connectivity index (χ0n) is 9.83. The molecule has 0 bridgehead atoms. The van der Waals surface area contributed by atoms with E-state index in [4.69, 9.17) is 5.11 Å². The molecule has 0 amide bonds. The molecule has 0 aliphatic rings. The Morgan fingerprint density at radius 2 is 1.71 bits per heavy atom. The zero-order valence-corrected chi connectivity index (χ0v) is 9.83. The molecule has 1 aromatic carbocycles. The average Bonchev–Trinajstić information content (AvgIpc) is 2.47. The number of rotatable bonds is 2. The standard InChI is InChI=1S/C12H4F5NO3/c13-5-3-4(1-2-18-5)12(20)21-11-8(16)6(14)7(15)10(19)9(11)17/h1-3,19H. The summed E-state index contributed by atoms with van der Waals surface area (Å²) < 4.78 is 69.6. The summed E-state index contributed by atoms with van der Waals surface area (Å²) in [6.45, 7) is 0. The number of carbonyl (C=O) groups is 1. The van der Waals surface area contributed by atoms with Crippen molar-refractivity contribution in [3.05, 3.63) is 53.1 Å². The van der Waals surface area contributed by atoms with Gasteiger partial charge < -0.3 is 9.84 Å². The molecular formula is C12H4F5NO3. The third-order valence-electron chi connectivity index (χ3n) is 2.36. The molecule has 0 radical (unpaired) electrons. The number of aromatic hydroxyl groups is 1. The van der Waals surface area contributed by atoms with Gasteiger partial charge in [0.1, 0.15) is 0 Å². The van der Waals surface area contributed by atoms with Crippen LogP contribution in [0.4, 0.5) is 22.0 Å². The van der Waals surface area contributed by atoms with Gasteiger partial charge in [-0.25, -0.2) is 14.2 Å². The maximum atomic E-state index is 13.4. The van der Waals surface area contributed by atoms with Crippen LogP contribution in [0.25, 0.3) is 0 Å². The highest BCUT2D eigenvalue weighted by molar-refractivity contribution is 5.91. The highest BCUT2D eigenvalue weighted by Gasteiger charge is 2.28. The smallest absolute Gasteiger partial charge is 0.343 e. The van der Waals surface area contributed by atoms with E-state index in [1.165, 1.54) is 0 Å². The van der Waals surface area contributed by atoms with Gasteiger partial charge in [0.25, 0.3) is 0 Å². The normalized spacial score (nSPS) is 10.5. The Labute approximate surface area is 113 Å². The highest BCUT2D eigenvalue weighted by atomic mass is 19.2. The Morgan fingerprint density at radius 1 is 1.05 bits per heavy atom. The fraction of sp³-hybridized carbons (Fsp3) is 0. The summed E-state index contributed by atoms with van der Waals surface area (Å²) in [7, 11) is 0. The number of phenols is 1. The molecule has 21 heavy (non-hydrogen) atoms. The van der Waals surface area contributed by atoms with E-state index in [0.29, 0.717) is 6.07 Å². The number of hydrogen-bond donors (Lipinski definition) is 1. The van der Waals surface area contributed by atoms with Crippen LogP contribution in [0, 0.1) is 29.2 Å². The van der Waals surface area contributed by atoms with Gasteiger partial charge in [-0.15, -0.1) is 0 Å². The molecule has 1 N–H and O–H groups in total. The molecule has 1 aromatic heterocycles.